The molecule has 0 amide bonds. The molecule has 3 nitrogen and oxygen atoms in total. The van der Waals surface area contributed by atoms with E-state index in [0.29, 0.717) is 0 Å². The first-order valence-electron chi connectivity index (χ1n) is 5.20. The van der Waals surface area contributed by atoms with Crippen LogP contribution in [0.5, 0.6) is 0 Å². The quantitative estimate of drug-likeness (QED) is 0.624. The summed E-state index contributed by atoms with van der Waals surface area (Å²) in [6.45, 7) is 4.09. The lowest BCUT2D eigenvalue weighted by molar-refractivity contribution is -0.134. The van der Waals surface area contributed by atoms with Gasteiger partial charge >= 0.3 is 5.97 Å². The van der Waals surface area contributed by atoms with Crippen molar-refractivity contribution in [3.63, 3.8) is 0 Å². The highest BCUT2D eigenvalue weighted by Gasteiger charge is 2.01. The second-order valence-electron chi connectivity index (χ2n) is 3.66. The Morgan fingerprint density at radius 1 is 1.38 bits per heavy atom. The molecule has 0 aliphatic rings. The number of methoxy groups -OCH3 is 1. The van der Waals surface area contributed by atoms with Crippen LogP contribution in [0, 0.1) is 6.92 Å². The predicted octanol–water partition coefficient (Wildman–Crippen LogP) is 2.33. The molecule has 3 heteroatoms. The number of hydrogen-bond donors (Lipinski definition) is 1. The summed E-state index contributed by atoms with van der Waals surface area (Å²) in [4.78, 5) is 10.8. The van der Waals surface area contributed by atoms with Gasteiger partial charge in [0.2, 0.25) is 0 Å². The summed E-state index contributed by atoms with van der Waals surface area (Å²) in [7, 11) is 1.36. The molecule has 1 atom stereocenters. The molecule has 0 spiro atoms. The van der Waals surface area contributed by atoms with Gasteiger partial charge in [0, 0.05) is 18.3 Å². The van der Waals surface area contributed by atoms with Crippen molar-refractivity contribution < 1.29 is 9.53 Å². The number of esters is 1. The van der Waals surface area contributed by atoms with Crippen molar-refractivity contribution in [2.24, 2.45) is 0 Å². The van der Waals surface area contributed by atoms with Gasteiger partial charge in [-0.25, -0.2) is 4.79 Å². The van der Waals surface area contributed by atoms with E-state index in [-0.39, 0.29) is 12.0 Å². The first kappa shape index (κ1) is 12.3. The zero-order chi connectivity index (χ0) is 12.0. The number of hydrogen-bond acceptors (Lipinski definition) is 3. The Morgan fingerprint density at radius 3 is 2.56 bits per heavy atom. The fourth-order valence-corrected chi connectivity index (χ4v) is 1.28. The minimum atomic E-state index is -0.358. The van der Waals surface area contributed by atoms with Crippen LogP contribution in [0.2, 0.25) is 0 Å². The fraction of sp³-hybridized carbons (Fsp3) is 0.308. The van der Waals surface area contributed by atoms with Gasteiger partial charge in [-0.15, -0.1) is 0 Å². The summed E-state index contributed by atoms with van der Waals surface area (Å²) in [5.41, 5.74) is 2.42. The third-order valence-electron chi connectivity index (χ3n) is 2.34. The minimum absolute atomic E-state index is 0.168. The van der Waals surface area contributed by atoms with E-state index in [1.807, 2.05) is 6.92 Å². The van der Waals surface area contributed by atoms with Gasteiger partial charge < -0.3 is 10.1 Å². The number of benzene rings is 1. The Labute approximate surface area is 96.1 Å². The zero-order valence-corrected chi connectivity index (χ0v) is 9.86. The van der Waals surface area contributed by atoms with Gasteiger partial charge in [-0.05, 0) is 19.4 Å². The highest BCUT2D eigenvalue weighted by molar-refractivity contribution is 5.81. The molecule has 0 unspecified atom stereocenters. The van der Waals surface area contributed by atoms with Gasteiger partial charge in [0.1, 0.15) is 0 Å². The molecule has 0 saturated heterocycles. The number of ether oxygens (including phenoxy) is 1. The molecule has 1 N–H and O–H groups in total. The van der Waals surface area contributed by atoms with Crippen molar-refractivity contribution in [3.05, 3.63) is 47.7 Å². The van der Waals surface area contributed by atoms with Crippen molar-refractivity contribution in [3.8, 4) is 0 Å². The summed E-state index contributed by atoms with van der Waals surface area (Å²) >= 11 is 0. The van der Waals surface area contributed by atoms with Gasteiger partial charge in [-0.1, -0.05) is 29.8 Å². The maximum atomic E-state index is 10.8. The summed E-state index contributed by atoms with van der Waals surface area (Å²) in [5, 5.41) is 3.10. The molecule has 16 heavy (non-hydrogen) atoms. The van der Waals surface area contributed by atoms with Crippen LogP contribution < -0.4 is 5.32 Å². The number of carbonyl (C=O) groups is 1. The van der Waals surface area contributed by atoms with Crippen LogP contribution in [0.15, 0.2) is 36.5 Å². The first-order chi connectivity index (χ1) is 7.63. The van der Waals surface area contributed by atoms with Crippen LogP contribution in [0.25, 0.3) is 0 Å². The van der Waals surface area contributed by atoms with E-state index in [1.54, 1.807) is 6.20 Å². The Bertz CT molecular complexity index is 368. The smallest absolute Gasteiger partial charge is 0.331 e. The molecule has 1 aromatic carbocycles. The number of aryl methyl sites for hydroxylation is 1. The predicted molar refractivity (Wildman–Crippen MR) is 63.9 cm³/mol. The first-order valence-corrected chi connectivity index (χ1v) is 5.20. The molecule has 1 rings (SSSR count). The monoisotopic (exact) mass is 219 g/mol. The lowest BCUT2D eigenvalue weighted by Gasteiger charge is -2.12. The van der Waals surface area contributed by atoms with Crippen LogP contribution in [-0.4, -0.2) is 13.1 Å². The maximum absolute atomic E-state index is 10.8. The molecule has 0 aromatic heterocycles. The topological polar surface area (TPSA) is 38.3 Å². The van der Waals surface area contributed by atoms with Crippen molar-refractivity contribution in [1.82, 2.24) is 5.32 Å². The van der Waals surface area contributed by atoms with Crippen LogP contribution in [-0.2, 0) is 9.53 Å². The highest BCUT2D eigenvalue weighted by Crippen LogP contribution is 2.12. The number of nitrogens with one attached hydrogen (secondary N) is 1. The number of rotatable bonds is 4. The van der Waals surface area contributed by atoms with Crippen LogP contribution in [0.1, 0.15) is 24.1 Å². The van der Waals surface area contributed by atoms with E-state index >= 15 is 0 Å². The zero-order valence-electron chi connectivity index (χ0n) is 9.86. The Morgan fingerprint density at radius 2 is 2.00 bits per heavy atom. The third kappa shape index (κ3) is 3.77. The summed E-state index contributed by atoms with van der Waals surface area (Å²) in [5.74, 6) is -0.358. The Kier molecular flexibility index (Phi) is 4.58. The molecule has 0 saturated carbocycles. The van der Waals surface area contributed by atoms with Crippen molar-refractivity contribution >= 4 is 5.97 Å². The van der Waals surface area contributed by atoms with Gasteiger partial charge in [0.25, 0.3) is 0 Å². The standard InChI is InChI=1S/C13H17NO2/c1-10-4-6-12(7-5-10)11(2)14-9-8-13(15)16-3/h4-9,11,14H,1-3H3/b9-8+/t11-/m0/s1. The molecule has 0 radical (unpaired) electrons. The molecule has 86 valence electrons. The normalized spacial score (nSPS) is 12.4. The van der Waals surface area contributed by atoms with Gasteiger partial charge in [0.05, 0.1) is 7.11 Å². The van der Waals surface area contributed by atoms with Crippen molar-refractivity contribution in [2.45, 2.75) is 19.9 Å². The lowest BCUT2D eigenvalue weighted by Crippen LogP contribution is -2.12. The Balaban J connectivity index is 2.52. The highest BCUT2D eigenvalue weighted by atomic mass is 16.5. The Hall–Kier alpha value is -1.77. The van der Waals surface area contributed by atoms with Crippen molar-refractivity contribution in [1.29, 1.82) is 0 Å². The molecule has 1 aromatic rings. The number of carbonyl (C=O) groups excluding carboxylic acids is 1. The molecule has 0 fully saturated rings. The summed E-state index contributed by atoms with van der Waals surface area (Å²) in [6.07, 6.45) is 2.97. The third-order valence-corrected chi connectivity index (χ3v) is 2.34. The second kappa shape index (κ2) is 5.95. The molecule has 0 bridgehead atoms. The van der Waals surface area contributed by atoms with Gasteiger partial charge in [-0.2, -0.15) is 0 Å². The minimum Gasteiger partial charge on any atom is -0.466 e. The van der Waals surface area contributed by atoms with Crippen LogP contribution in [0.4, 0.5) is 0 Å². The van der Waals surface area contributed by atoms with Crippen molar-refractivity contribution in [2.75, 3.05) is 7.11 Å². The van der Waals surface area contributed by atoms with E-state index in [9.17, 15) is 4.79 Å². The van der Waals surface area contributed by atoms with Gasteiger partial charge in [0.15, 0.2) is 0 Å². The fourth-order valence-electron chi connectivity index (χ4n) is 1.28. The summed E-state index contributed by atoms with van der Waals surface area (Å²) < 4.78 is 4.49. The molecule has 0 aliphatic heterocycles. The second-order valence-corrected chi connectivity index (χ2v) is 3.66. The largest absolute Gasteiger partial charge is 0.466 e. The molecular weight excluding hydrogens is 202 g/mol. The average molecular weight is 219 g/mol. The van der Waals surface area contributed by atoms with E-state index in [1.165, 1.54) is 24.3 Å². The van der Waals surface area contributed by atoms with E-state index < -0.39 is 0 Å². The average Bonchev–Trinajstić information content (AvgIpc) is 2.29. The molecular formula is C13H17NO2. The summed E-state index contributed by atoms with van der Waals surface area (Å²) in [6, 6.07) is 8.44. The van der Waals surface area contributed by atoms with Crippen LogP contribution in [0.3, 0.4) is 0 Å². The van der Waals surface area contributed by atoms with E-state index in [4.69, 9.17) is 0 Å². The lowest BCUT2D eigenvalue weighted by atomic mass is 10.1. The van der Waals surface area contributed by atoms with Gasteiger partial charge in [-0.3, -0.25) is 0 Å². The maximum Gasteiger partial charge on any atom is 0.331 e. The van der Waals surface area contributed by atoms with E-state index in [0.717, 1.165) is 0 Å². The SMILES string of the molecule is COC(=O)/C=C/N[C@@H](C)c1ccc(C)cc1. The molecule has 0 aliphatic carbocycles. The van der Waals surface area contributed by atoms with Crippen LogP contribution >= 0.6 is 0 Å². The van der Waals surface area contributed by atoms with E-state index in [2.05, 4.69) is 41.2 Å². The molecule has 0 heterocycles.